The molecule has 0 fully saturated rings. The van der Waals surface area contributed by atoms with Gasteiger partial charge in [-0.25, -0.2) is 18.9 Å². The summed E-state index contributed by atoms with van der Waals surface area (Å²) in [6.07, 6.45) is -0.109. The molecule has 3 aromatic carbocycles. The number of alkyl halides is 3. The van der Waals surface area contributed by atoms with Crippen molar-refractivity contribution < 1.29 is 27.1 Å². The average Bonchev–Trinajstić information content (AvgIpc) is 3.60. The molecule has 0 bridgehead atoms. The van der Waals surface area contributed by atoms with Crippen molar-refractivity contribution in [3.63, 3.8) is 0 Å². The van der Waals surface area contributed by atoms with Crippen LogP contribution in [0.2, 0.25) is 0 Å². The molecule has 0 unspecified atom stereocenters. The lowest BCUT2D eigenvalue weighted by atomic mass is 10.0. The largest absolute Gasteiger partial charge is 0.573 e. The predicted octanol–water partition coefficient (Wildman–Crippen LogP) is 7.54. The minimum atomic E-state index is -4.76. The summed E-state index contributed by atoms with van der Waals surface area (Å²) in [6.45, 7) is 5.86. The van der Waals surface area contributed by atoms with Crippen LogP contribution in [0.1, 0.15) is 36.6 Å². The molecule has 1 N–H and O–H groups in total. The lowest BCUT2D eigenvalue weighted by molar-refractivity contribution is -0.274. The average molecular weight is 623 g/mol. The molecule has 44 heavy (non-hydrogen) atoms. The van der Waals surface area contributed by atoms with Crippen molar-refractivity contribution in [2.75, 3.05) is 0 Å². The molecule has 0 spiro atoms. The van der Waals surface area contributed by atoms with E-state index in [0.717, 1.165) is 28.1 Å². The third-order valence-electron chi connectivity index (χ3n) is 6.41. The Morgan fingerprint density at radius 2 is 1.80 bits per heavy atom. The van der Waals surface area contributed by atoms with Gasteiger partial charge in [0.1, 0.15) is 17.9 Å². The van der Waals surface area contributed by atoms with Crippen LogP contribution in [0.5, 0.6) is 5.75 Å². The van der Waals surface area contributed by atoms with Crippen LogP contribution in [0.25, 0.3) is 28.8 Å². The van der Waals surface area contributed by atoms with Crippen LogP contribution >= 0.6 is 11.3 Å². The first kappa shape index (κ1) is 30.4. The quantitative estimate of drug-likeness (QED) is 0.190. The smallest absolute Gasteiger partial charge is 0.406 e. The molecular formula is C31H26F4N6O2S. The van der Waals surface area contributed by atoms with Crippen molar-refractivity contribution in [1.29, 1.82) is 0 Å². The number of aromatic nitrogens is 4. The van der Waals surface area contributed by atoms with E-state index in [2.05, 4.69) is 25.1 Å². The molecular weight excluding hydrogens is 596 g/mol. The highest BCUT2D eigenvalue weighted by Crippen LogP contribution is 2.26. The van der Waals surface area contributed by atoms with Gasteiger partial charge in [-0.15, -0.1) is 29.6 Å². The second kappa shape index (κ2) is 12.7. The summed E-state index contributed by atoms with van der Waals surface area (Å²) in [7, 11) is 0. The number of halogens is 4. The van der Waals surface area contributed by atoms with E-state index >= 15 is 0 Å². The standard InChI is InChI=1S/C31H26F4N6O2S/c1-19(2)26-16-23(32)8-13-27(26)41-20(3)17-44-30(41)38-29(42)36-15-14-21-4-6-22(7-5-21)28-37-18-40(39-28)24-9-11-25(12-10-24)43-31(33,34)35/h4-19H,1-3H3,(H,36,42)/b15-14+,38-30-. The maximum Gasteiger partial charge on any atom is 0.573 e. The highest BCUT2D eigenvalue weighted by molar-refractivity contribution is 7.07. The maximum atomic E-state index is 13.9. The van der Waals surface area contributed by atoms with Gasteiger partial charge >= 0.3 is 12.4 Å². The highest BCUT2D eigenvalue weighted by atomic mass is 32.1. The number of amides is 2. The van der Waals surface area contributed by atoms with Gasteiger partial charge in [0.2, 0.25) is 0 Å². The Labute approximate surface area is 253 Å². The monoisotopic (exact) mass is 622 g/mol. The van der Waals surface area contributed by atoms with Crippen molar-refractivity contribution in [1.82, 2.24) is 24.6 Å². The number of hydrogen-bond acceptors (Lipinski definition) is 5. The van der Waals surface area contributed by atoms with E-state index in [1.165, 1.54) is 64.9 Å². The number of rotatable bonds is 7. The summed E-state index contributed by atoms with van der Waals surface area (Å²) < 4.78 is 58.3. The number of carbonyl (C=O) groups excluding carboxylic acids is 1. The Kier molecular flexibility index (Phi) is 8.76. The van der Waals surface area contributed by atoms with Crippen molar-refractivity contribution in [2.45, 2.75) is 33.1 Å². The fraction of sp³-hybridized carbons (Fsp3) is 0.161. The van der Waals surface area contributed by atoms with Gasteiger partial charge in [0.25, 0.3) is 0 Å². The van der Waals surface area contributed by atoms with Crippen LogP contribution in [-0.4, -0.2) is 31.7 Å². The molecule has 0 radical (unpaired) electrons. The molecule has 13 heteroatoms. The van der Waals surface area contributed by atoms with Gasteiger partial charge in [-0.3, -0.25) is 4.57 Å². The number of aryl methyl sites for hydroxylation is 1. The van der Waals surface area contributed by atoms with E-state index in [4.69, 9.17) is 0 Å². The van der Waals surface area contributed by atoms with E-state index < -0.39 is 12.4 Å². The Morgan fingerprint density at radius 3 is 2.48 bits per heavy atom. The van der Waals surface area contributed by atoms with Crippen LogP contribution in [-0.2, 0) is 0 Å². The summed E-state index contributed by atoms with van der Waals surface area (Å²) in [6, 6.07) is 16.6. The van der Waals surface area contributed by atoms with E-state index in [1.54, 1.807) is 24.3 Å². The number of carbonyl (C=O) groups is 1. The van der Waals surface area contributed by atoms with Gasteiger partial charge < -0.3 is 10.1 Å². The minimum absolute atomic E-state index is 0.0671. The van der Waals surface area contributed by atoms with Crippen LogP contribution in [0.3, 0.4) is 0 Å². The van der Waals surface area contributed by atoms with Crippen molar-refractivity contribution in [2.24, 2.45) is 4.99 Å². The van der Waals surface area contributed by atoms with Crippen LogP contribution < -0.4 is 14.9 Å². The number of hydrogen-bond donors (Lipinski definition) is 1. The van der Waals surface area contributed by atoms with Gasteiger partial charge in [-0.2, -0.15) is 4.99 Å². The van der Waals surface area contributed by atoms with Gasteiger partial charge in [-0.05, 0) is 72.5 Å². The first-order chi connectivity index (χ1) is 21.0. The molecule has 0 atom stereocenters. The number of benzene rings is 3. The molecule has 8 nitrogen and oxygen atoms in total. The van der Waals surface area contributed by atoms with E-state index in [-0.39, 0.29) is 17.5 Å². The van der Waals surface area contributed by atoms with Crippen molar-refractivity contribution >= 4 is 23.4 Å². The summed E-state index contributed by atoms with van der Waals surface area (Å²) in [4.78, 5) is 21.6. The molecule has 0 saturated carbocycles. The molecule has 0 aliphatic carbocycles. The zero-order valence-electron chi connectivity index (χ0n) is 23.7. The SMILES string of the molecule is Cc1cs/c(=N\C(=O)N/C=C/c2ccc(-c3ncn(-c4ccc(OC(F)(F)F)cc4)n3)cc2)n1-c1ccc(F)cc1C(C)C. The summed E-state index contributed by atoms with van der Waals surface area (Å²) >= 11 is 1.31. The zero-order valence-corrected chi connectivity index (χ0v) is 24.5. The normalized spacial score (nSPS) is 12.3. The molecule has 226 valence electrons. The van der Waals surface area contributed by atoms with Gasteiger partial charge in [0.15, 0.2) is 10.6 Å². The fourth-order valence-electron chi connectivity index (χ4n) is 4.35. The van der Waals surface area contributed by atoms with Crippen molar-refractivity contribution in [3.05, 3.63) is 112 Å². The molecule has 5 aromatic rings. The molecule has 0 aliphatic rings. The van der Waals surface area contributed by atoms with E-state index in [0.29, 0.717) is 16.3 Å². The Morgan fingerprint density at radius 1 is 1.07 bits per heavy atom. The van der Waals surface area contributed by atoms with Gasteiger partial charge in [0.05, 0.1) is 11.4 Å². The van der Waals surface area contributed by atoms with Crippen molar-refractivity contribution in [3.8, 4) is 28.5 Å². The minimum Gasteiger partial charge on any atom is -0.406 e. The molecule has 2 heterocycles. The second-order valence-electron chi connectivity index (χ2n) is 9.92. The van der Waals surface area contributed by atoms with Crippen LogP contribution in [0.15, 0.2) is 89.6 Å². The summed E-state index contributed by atoms with van der Waals surface area (Å²) in [5.74, 6) is -0.161. The molecule has 5 rings (SSSR count). The summed E-state index contributed by atoms with van der Waals surface area (Å²) in [5, 5.41) is 8.93. The lowest BCUT2D eigenvalue weighted by Crippen LogP contribution is -2.22. The second-order valence-corrected chi connectivity index (χ2v) is 10.8. The predicted molar refractivity (Wildman–Crippen MR) is 159 cm³/mol. The number of nitrogens with one attached hydrogen (secondary N) is 1. The topological polar surface area (TPSA) is 86.3 Å². The Hall–Kier alpha value is -5.04. The fourth-order valence-corrected chi connectivity index (χ4v) is 5.21. The molecule has 0 aliphatic heterocycles. The molecule has 2 aromatic heterocycles. The third kappa shape index (κ3) is 7.29. The Balaban J connectivity index is 1.24. The van der Waals surface area contributed by atoms with E-state index in [1.807, 2.05) is 42.9 Å². The molecule has 0 saturated heterocycles. The molecule has 2 amide bonds. The lowest BCUT2D eigenvalue weighted by Gasteiger charge is -2.15. The van der Waals surface area contributed by atoms with Gasteiger partial charge in [-0.1, -0.05) is 38.1 Å². The number of nitrogens with zero attached hydrogens (tertiary/aromatic N) is 5. The van der Waals surface area contributed by atoms with Gasteiger partial charge in [0, 0.05) is 22.8 Å². The zero-order chi connectivity index (χ0) is 31.4. The maximum absolute atomic E-state index is 13.9. The first-order valence-electron chi connectivity index (χ1n) is 13.3. The Bertz CT molecular complexity index is 1870. The number of ether oxygens (including phenoxy) is 1. The number of thiazole rings is 1. The third-order valence-corrected chi connectivity index (χ3v) is 7.35. The van der Waals surface area contributed by atoms with Crippen LogP contribution in [0.4, 0.5) is 22.4 Å². The highest BCUT2D eigenvalue weighted by Gasteiger charge is 2.31. The first-order valence-corrected chi connectivity index (χ1v) is 14.2. The number of urea groups is 1. The van der Waals surface area contributed by atoms with E-state index in [9.17, 15) is 22.4 Å². The summed E-state index contributed by atoms with van der Waals surface area (Å²) in [5.41, 5.74) is 4.49. The van der Waals surface area contributed by atoms with Crippen LogP contribution in [0, 0.1) is 12.7 Å².